The molecular formula is C43H61N5O4. The van der Waals surface area contributed by atoms with Gasteiger partial charge in [0.2, 0.25) is 5.91 Å². The SMILES string of the molecule is CCCC(CCC)CC(=O)N1CCN(Cc2ccc(-c3cc(C(=O)NCc4c(C)cc(C)[nH]c4=O)c(C)c(N(CC)C4CCOCC4)c3)cc2)CC1. The molecule has 52 heavy (non-hydrogen) atoms. The normalized spacial score (nSPS) is 15.6. The molecule has 0 aliphatic carbocycles. The Hall–Kier alpha value is -3.95. The van der Waals surface area contributed by atoms with Crippen LogP contribution >= 0.6 is 0 Å². The van der Waals surface area contributed by atoms with Gasteiger partial charge in [0.05, 0.1) is 0 Å². The first-order chi connectivity index (χ1) is 25.1. The van der Waals surface area contributed by atoms with E-state index in [-0.39, 0.29) is 18.0 Å². The van der Waals surface area contributed by atoms with Crippen molar-refractivity contribution in [2.45, 2.75) is 106 Å². The summed E-state index contributed by atoms with van der Waals surface area (Å²) in [4.78, 5) is 49.5. The van der Waals surface area contributed by atoms with Crippen LogP contribution in [0.4, 0.5) is 5.69 Å². The predicted molar refractivity (Wildman–Crippen MR) is 211 cm³/mol. The minimum absolute atomic E-state index is 0.159. The molecule has 0 spiro atoms. The molecule has 2 aromatic carbocycles. The molecule has 0 unspecified atom stereocenters. The molecule has 0 saturated carbocycles. The molecule has 1 aromatic heterocycles. The fourth-order valence-electron chi connectivity index (χ4n) is 8.14. The van der Waals surface area contributed by atoms with E-state index < -0.39 is 0 Å². The second-order valence-corrected chi connectivity index (χ2v) is 14.9. The number of aromatic amines is 1. The molecule has 2 N–H and O–H groups in total. The number of nitrogens with zero attached hydrogens (tertiary/aromatic N) is 3. The first-order valence-electron chi connectivity index (χ1n) is 19.7. The van der Waals surface area contributed by atoms with Crippen LogP contribution in [0.15, 0.2) is 47.3 Å². The van der Waals surface area contributed by atoms with Gasteiger partial charge < -0.3 is 24.8 Å². The molecule has 5 rings (SSSR count). The maximum absolute atomic E-state index is 13.9. The number of amides is 2. The first-order valence-corrected chi connectivity index (χ1v) is 19.7. The molecule has 282 valence electrons. The summed E-state index contributed by atoms with van der Waals surface area (Å²) < 4.78 is 5.69. The lowest BCUT2D eigenvalue weighted by Gasteiger charge is -2.37. The average Bonchev–Trinajstić information content (AvgIpc) is 3.13. The van der Waals surface area contributed by atoms with Crippen LogP contribution in [0.5, 0.6) is 0 Å². The third-order valence-corrected chi connectivity index (χ3v) is 11.1. The fourth-order valence-corrected chi connectivity index (χ4v) is 8.14. The minimum Gasteiger partial charge on any atom is -0.381 e. The maximum Gasteiger partial charge on any atom is 0.253 e. The molecule has 0 atom stereocenters. The molecule has 3 aromatic rings. The van der Waals surface area contributed by atoms with Crippen molar-refractivity contribution >= 4 is 17.5 Å². The Morgan fingerprint density at radius 3 is 2.21 bits per heavy atom. The number of pyridine rings is 1. The van der Waals surface area contributed by atoms with Gasteiger partial charge in [-0.25, -0.2) is 0 Å². The van der Waals surface area contributed by atoms with Crippen LogP contribution in [0.25, 0.3) is 11.1 Å². The summed E-state index contributed by atoms with van der Waals surface area (Å²) in [7, 11) is 0. The molecule has 2 aliphatic rings. The quantitative estimate of drug-likeness (QED) is 0.174. The van der Waals surface area contributed by atoms with Crippen molar-refractivity contribution in [2.75, 3.05) is 50.8 Å². The number of H-pyrrole nitrogens is 1. The molecule has 2 fully saturated rings. The zero-order valence-corrected chi connectivity index (χ0v) is 32.5. The predicted octanol–water partition coefficient (Wildman–Crippen LogP) is 7.15. The summed E-state index contributed by atoms with van der Waals surface area (Å²) in [5, 5.41) is 3.06. The lowest BCUT2D eigenvalue weighted by Crippen LogP contribution is -2.48. The fraction of sp³-hybridized carbons (Fsp3) is 0.558. The lowest BCUT2D eigenvalue weighted by molar-refractivity contribution is -0.134. The van der Waals surface area contributed by atoms with Crippen molar-refractivity contribution in [1.82, 2.24) is 20.1 Å². The second kappa shape index (κ2) is 18.7. The summed E-state index contributed by atoms with van der Waals surface area (Å²) in [6.45, 7) is 19.0. The van der Waals surface area contributed by atoms with Crippen molar-refractivity contribution in [3.63, 3.8) is 0 Å². The van der Waals surface area contributed by atoms with Gasteiger partial charge in [-0.05, 0) is 92.5 Å². The van der Waals surface area contributed by atoms with Gasteiger partial charge in [0.15, 0.2) is 0 Å². The van der Waals surface area contributed by atoms with Crippen molar-refractivity contribution in [3.05, 3.63) is 86.3 Å². The van der Waals surface area contributed by atoms with Crippen LogP contribution in [-0.4, -0.2) is 78.6 Å². The minimum atomic E-state index is -0.191. The molecule has 0 radical (unpaired) electrons. The number of hydrogen-bond acceptors (Lipinski definition) is 6. The maximum atomic E-state index is 13.9. The number of carbonyl (C=O) groups is 2. The first kappa shape index (κ1) is 39.3. The Morgan fingerprint density at radius 1 is 0.923 bits per heavy atom. The summed E-state index contributed by atoms with van der Waals surface area (Å²) in [5.41, 5.74) is 7.96. The van der Waals surface area contributed by atoms with Gasteiger partial charge >= 0.3 is 0 Å². The molecule has 2 amide bonds. The summed E-state index contributed by atoms with van der Waals surface area (Å²) in [6, 6.07) is 15.2. The van der Waals surface area contributed by atoms with Gasteiger partial charge in [-0.15, -0.1) is 0 Å². The number of aryl methyl sites for hydroxylation is 2. The van der Waals surface area contributed by atoms with E-state index >= 15 is 0 Å². The van der Waals surface area contributed by atoms with Crippen LogP contribution < -0.4 is 15.8 Å². The molecule has 3 heterocycles. The van der Waals surface area contributed by atoms with Crippen LogP contribution in [0, 0.1) is 26.7 Å². The van der Waals surface area contributed by atoms with Crippen molar-refractivity contribution in [2.24, 2.45) is 5.92 Å². The van der Waals surface area contributed by atoms with E-state index in [4.69, 9.17) is 4.74 Å². The highest BCUT2D eigenvalue weighted by Crippen LogP contribution is 2.34. The number of carbonyl (C=O) groups excluding carboxylic acids is 2. The largest absolute Gasteiger partial charge is 0.381 e. The smallest absolute Gasteiger partial charge is 0.253 e. The Kier molecular flexibility index (Phi) is 14.1. The van der Waals surface area contributed by atoms with Gasteiger partial charge in [-0.2, -0.15) is 0 Å². The average molecular weight is 712 g/mol. The highest BCUT2D eigenvalue weighted by Gasteiger charge is 2.26. The van der Waals surface area contributed by atoms with Gasteiger partial charge in [0, 0.05) is 94.0 Å². The Labute approximate surface area is 311 Å². The molecule has 2 aliphatic heterocycles. The van der Waals surface area contributed by atoms with Gasteiger partial charge in [-0.3, -0.25) is 19.3 Å². The van der Waals surface area contributed by atoms with E-state index in [1.54, 1.807) is 0 Å². The van der Waals surface area contributed by atoms with Crippen LogP contribution in [0.3, 0.4) is 0 Å². The molecule has 2 saturated heterocycles. The van der Waals surface area contributed by atoms with Crippen LogP contribution in [0.1, 0.15) is 104 Å². The third-order valence-electron chi connectivity index (χ3n) is 11.1. The molecular weight excluding hydrogens is 651 g/mol. The number of benzene rings is 2. The van der Waals surface area contributed by atoms with Crippen molar-refractivity contribution in [3.8, 4) is 11.1 Å². The molecule has 9 heteroatoms. The topological polar surface area (TPSA) is 98.0 Å². The molecule has 0 bridgehead atoms. The monoisotopic (exact) mass is 711 g/mol. The van der Waals surface area contributed by atoms with E-state index in [2.05, 4.69) is 76.1 Å². The summed E-state index contributed by atoms with van der Waals surface area (Å²) >= 11 is 0. The number of nitrogens with one attached hydrogen (secondary N) is 2. The number of piperazine rings is 1. The number of hydrogen-bond donors (Lipinski definition) is 2. The lowest BCUT2D eigenvalue weighted by atomic mass is 9.94. The van der Waals surface area contributed by atoms with Gasteiger partial charge in [-0.1, -0.05) is 63.8 Å². The van der Waals surface area contributed by atoms with E-state index in [9.17, 15) is 14.4 Å². The van der Waals surface area contributed by atoms with Crippen molar-refractivity contribution < 1.29 is 14.3 Å². The van der Waals surface area contributed by atoms with Crippen LogP contribution in [0.2, 0.25) is 0 Å². The highest BCUT2D eigenvalue weighted by molar-refractivity contribution is 5.99. The third kappa shape index (κ3) is 9.92. The zero-order chi connectivity index (χ0) is 37.2. The Morgan fingerprint density at radius 2 is 1.60 bits per heavy atom. The zero-order valence-electron chi connectivity index (χ0n) is 32.5. The number of ether oxygens (including phenoxy) is 1. The van der Waals surface area contributed by atoms with Gasteiger partial charge in [0.1, 0.15) is 0 Å². The highest BCUT2D eigenvalue weighted by atomic mass is 16.5. The van der Waals surface area contributed by atoms with E-state index in [1.807, 2.05) is 32.9 Å². The number of aromatic nitrogens is 1. The van der Waals surface area contributed by atoms with E-state index in [0.29, 0.717) is 35.4 Å². The summed E-state index contributed by atoms with van der Waals surface area (Å²) in [6.07, 6.45) is 7.13. The Bertz CT molecular complexity index is 1700. The Balaban J connectivity index is 1.32. The standard InChI is InChI=1S/C43H61N5O4/c1-7-10-33(11-8-2)25-41(49)47-20-18-46(19-21-47)29-34-12-14-35(15-13-34)36-26-38(42(50)44-28-39-30(4)24-31(5)45-43(39)51)32(6)40(27-36)48(9-3)37-16-22-52-23-17-37/h12-15,24,26-27,33,37H,7-11,16-23,25,28-29H2,1-6H3,(H,44,50)(H,45,51). The van der Waals surface area contributed by atoms with Gasteiger partial charge in [0.25, 0.3) is 11.5 Å². The summed E-state index contributed by atoms with van der Waals surface area (Å²) in [5.74, 6) is 0.636. The number of anilines is 1. The number of rotatable bonds is 15. The van der Waals surface area contributed by atoms with Crippen molar-refractivity contribution in [1.29, 1.82) is 0 Å². The van der Waals surface area contributed by atoms with Crippen LogP contribution in [-0.2, 0) is 22.6 Å². The van der Waals surface area contributed by atoms with E-state index in [0.717, 1.165) is 125 Å². The second-order valence-electron chi connectivity index (χ2n) is 14.9. The van der Waals surface area contributed by atoms with E-state index in [1.165, 1.54) is 5.56 Å². The molecule has 9 nitrogen and oxygen atoms in total.